The molecule has 0 bridgehead atoms. The molecule has 0 heterocycles. The molecular formula is C18H25NO2. The normalized spacial score (nSPS) is 26.0. The SMILES string of the molecule is COc1ccc(C2CC2C(=O)NC2CCCCCC2)cc1. The van der Waals surface area contributed by atoms with Crippen molar-refractivity contribution in [1.29, 1.82) is 0 Å². The number of hydrogen-bond acceptors (Lipinski definition) is 2. The summed E-state index contributed by atoms with van der Waals surface area (Å²) in [5, 5.41) is 3.28. The molecule has 1 aromatic carbocycles. The van der Waals surface area contributed by atoms with Crippen LogP contribution in [0, 0.1) is 5.92 Å². The molecule has 1 amide bonds. The summed E-state index contributed by atoms with van der Waals surface area (Å²) in [5.41, 5.74) is 1.26. The number of methoxy groups -OCH3 is 1. The Morgan fingerprint density at radius 1 is 1.10 bits per heavy atom. The van der Waals surface area contributed by atoms with Crippen LogP contribution in [0.5, 0.6) is 5.75 Å². The Morgan fingerprint density at radius 2 is 1.76 bits per heavy atom. The molecule has 0 aromatic heterocycles. The standard InChI is InChI=1S/C18H25NO2/c1-21-15-10-8-13(9-11-15)16-12-17(16)18(20)19-14-6-4-2-3-5-7-14/h8-11,14,16-17H,2-7,12H2,1H3,(H,19,20). The second kappa shape index (κ2) is 6.50. The summed E-state index contributed by atoms with van der Waals surface area (Å²) in [6.45, 7) is 0. The third kappa shape index (κ3) is 3.58. The third-order valence-corrected chi connectivity index (χ3v) is 4.87. The van der Waals surface area contributed by atoms with E-state index in [0.717, 1.165) is 25.0 Å². The highest BCUT2D eigenvalue weighted by molar-refractivity contribution is 5.83. The van der Waals surface area contributed by atoms with E-state index in [9.17, 15) is 4.79 Å². The molecular weight excluding hydrogens is 262 g/mol. The van der Waals surface area contributed by atoms with Gasteiger partial charge in [0.05, 0.1) is 7.11 Å². The Labute approximate surface area is 127 Å². The monoisotopic (exact) mass is 287 g/mol. The minimum absolute atomic E-state index is 0.182. The first kappa shape index (κ1) is 14.4. The molecule has 21 heavy (non-hydrogen) atoms. The number of benzene rings is 1. The van der Waals surface area contributed by atoms with Crippen molar-refractivity contribution in [1.82, 2.24) is 5.32 Å². The van der Waals surface area contributed by atoms with Gasteiger partial charge in [0.1, 0.15) is 5.75 Å². The predicted molar refractivity (Wildman–Crippen MR) is 83.5 cm³/mol. The zero-order valence-corrected chi connectivity index (χ0v) is 12.8. The van der Waals surface area contributed by atoms with Crippen LogP contribution in [0.4, 0.5) is 0 Å². The molecule has 1 N–H and O–H groups in total. The van der Waals surface area contributed by atoms with Crippen LogP contribution in [0.3, 0.4) is 0 Å². The summed E-state index contributed by atoms with van der Waals surface area (Å²) in [5.74, 6) is 1.73. The molecule has 3 nitrogen and oxygen atoms in total. The smallest absolute Gasteiger partial charge is 0.223 e. The van der Waals surface area contributed by atoms with Crippen molar-refractivity contribution in [2.24, 2.45) is 5.92 Å². The lowest BCUT2D eigenvalue weighted by Crippen LogP contribution is -2.35. The average molecular weight is 287 g/mol. The Morgan fingerprint density at radius 3 is 2.38 bits per heavy atom. The number of ether oxygens (including phenoxy) is 1. The van der Waals surface area contributed by atoms with E-state index in [2.05, 4.69) is 17.4 Å². The van der Waals surface area contributed by atoms with Crippen molar-refractivity contribution in [2.45, 2.75) is 56.9 Å². The average Bonchev–Trinajstić information content (AvgIpc) is 3.32. The largest absolute Gasteiger partial charge is 0.497 e. The van der Waals surface area contributed by atoms with Crippen LogP contribution < -0.4 is 10.1 Å². The zero-order valence-electron chi connectivity index (χ0n) is 12.8. The quantitative estimate of drug-likeness (QED) is 0.859. The molecule has 3 heteroatoms. The van der Waals surface area contributed by atoms with E-state index < -0.39 is 0 Å². The molecule has 2 aliphatic carbocycles. The zero-order chi connectivity index (χ0) is 14.7. The van der Waals surface area contributed by atoms with Gasteiger partial charge in [0.2, 0.25) is 5.91 Å². The predicted octanol–water partition coefficient (Wildman–Crippen LogP) is 3.64. The van der Waals surface area contributed by atoms with Crippen molar-refractivity contribution >= 4 is 5.91 Å². The van der Waals surface area contributed by atoms with Crippen molar-refractivity contribution in [2.75, 3.05) is 7.11 Å². The molecule has 2 atom stereocenters. The fourth-order valence-corrected chi connectivity index (χ4v) is 3.44. The van der Waals surface area contributed by atoms with Crippen LogP contribution >= 0.6 is 0 Å². The Hall–Kier alpha value is -1.51. The first-order valence-corrected chi connectivity index (χ1v) is 8.22. The maximum atomic E-state index is 12.4. The highest BCUT2D eigenvalue weighted by atomic mass is 16.5. The van der Waals surface area contributed by atoms with E-state index in [1.165, 1.54) is 31.2 Å². The summed E-state index contributed by atoms with van der Waals surface area (Å²) >= 11 is 0. The van der Waals surface area contributed by atoms with E-state index in [0.29, 0.717) is 12.0 Å². The summed E-state index contributed by atoms with van der Waals surface area (Å²) in [6.07, 6.45) is 8.48. The first-order valence-electron chi connectivity index (χ1n) is 8.22. The first-order chi connectivity index (χ1) is 10.3. The fourth-order valence-electron chi connectivity index (χ4n) is 3.44. The van der Waals surface area contributed by atoms with Crippen LogP contribution in [0.15, 0.2) is 24.3 Å². The second-order valence-corrected chi connectivity index (χ2v) is 6.42. The molecule has 2 aliphatic rings. The van der Waals surface area contributed by atoms with Crippen molar-refractivity contribution < 1.29 is 9.53 Å². The maximum Gasteiger partial charge on any atom is 0.223 e. The number of nitrogens with one attached hydrogen (secondary N) is 1. The van der Waals surface area contributed by atoms with Crippen LogP contribution in [-0.4, -0.2) is 19.1 Å². The number of carbonyl (C=O) groups excluding carboxylic acids is 1. The third-order valence-electron chi connectivity index (χ3n) is 4.87. The number of hydrogen-bond donors (Lipinski definition) is 1. The van der Waals surface area contributed by atoms with Crippen LogP contribution in [0.2, 0.25) is 0 Å². The molecule has 2 saturated carbocycles. The van der Waals surface area contributed by atoms with Gasteiger partial charge in [-0.05, 0) is 42.9 Å². The van der Waals surface area contributed by atoms with Crippen molar-refractivity contribution in [3.8, 4) is 5.75 Å². The summed E-state index contributed by atoms with van der Waals surface area (Å²) in [6, 6.07) is 8.55. The fraction of sp³-hybridized carbons (Fsp3) is 0.611. The van der Waals surface area contributed by atoms with E-state index in [1.54, 1.807) is 7.11 Å². The summed E-state index contributed by atoms with van der Waals surface area (Å²) < 4.78 is 5.18. The summed E-state index contributed by atoms with van der Waals surface area (Å²) in [4.78, 5) is 12.4. The number of amides is 1. The Bertz CT molecular complexity index is 474. The van der Waals surface area contributed by atoms with Gasteiger partial charge in [-0.1, -0.05) is 37.8 Å². The number of carbonyl (C=O) groups is 1. The minimum Gasteiger partial charge on any atom is -0.497 e. The topological polar surface area (TPSA) is 38.3 Å². The van der Waals surface area contributed by atoms with Gasteiger partial charge < -0.3 is 10.1 Å². The van der Waals surface area contributed by atoms with Gasteiger partial charge in [0, 0.05) is 12.0 Å². The molecule has 0 spiro atoms. The minimum atomic E-state index is 0.182. The molecule has 0 saturated heterocycles. The van der Waals surface area contributed by atoms with Crippen molar-refractivity contribution in [3.63, 3.8) is 0 Å². The Balaban J connectivity index is 1.52. The molecule has 0 aliphatic heterocycles. The van der Waals surface area contributed by atoms with Gasteiger partial charge in [-0.3, -0.25) is 4.79 Å². The summed E-state index contributed by atoms with van der Waals surface area (Å²) in [7, 11) is 1.68. The molecule has 114 valence electrons. The van der Waals surface area contributed by atoms with Crippen LogP contribution in [0.1, 0.15) is 56.4 Å². The molecule has 2 unspecified atom stereocenters. The highest BCUT2D eigenvalue weighted by Crippen LogP contribution is 2.47. The van der Waals surface area contributed by atoms with Gasteiger partial charge in [-0.2, -0.15) is 0 Å². The number of rotatable bonds is 4. The molecule has 3 rings (SSSR count). The van der Waals surface area contributed by atoms with Gasteiger partial charge in [-0.25, -0.2) is 0 Å². The molecule has 2 fully saturated rings. The lowest BCUT2D eigenvalue weighted by atomic mass is 10.1. The van der Waals surface area contributed by atoms with Gasteiger partial charge in [-0.15, -0.1) is 0 Å². The second-order valence-electron chi connectivity index (χ2n) is 6.42. The van der Waals surface area contributed by atoms with Crippen LogP contribution in [0.25, 0.3) is 0 Å². The van der Waals surface area contributed by atoms with Gasteiger partial charge >= 0.3 is 0 Å². The van der Waals surface area contributed by atoms with E-state index in [1.807, 2.05) is 12.1 Å². The Kier molecular flexibility index (Phi) is 4.47. The van der Waals surface area contributed by atoms with Gasteiger partial charge in [0.15, 0.2) is 0 Å². The van der Waals surface area contributed by atoms with Crippen molar-refractivity contribution in [3.05, 3.63) is 29.8 Å². The van der Waals surface area contributed by atoms with E-state index in [4.69, 9.17) is 4.74 Å². The maximum absolute atomic E-state index is 12.4. The van der Waals surface area contributed by atoms with Crippen LogP contribution in [-0.2, 0) is 4.79 Å². The van der Waals surface area contributed by atoms with E-state index >= 15 is 0 Å². The lowest BCUT2D eigenvalue weighted by Gasteiger charge is -2.16. The molecule has 1 aromatic rings. The molecule has 0 radical (unpaired) electrons. The van der Waals surface area contributed by atoms with Gasteiger partial charge in [0.25, 0.3) is 0 Å². The van der Waals surface area contributed by atoms with E-state index in [-0.39, 0.29) is 11.8 Å². The highest BCUT2D eigenvalue weighted by Gasteiger charge is 2.44. The lowest BCUT2D eigenvalue weighted by molar-refractivity contribution is -0.123.